The molecule has 0 spiro atoms. The molecule has 1 aliphatic heterocycles. The molecule has 5 nitrogen and oxygen atoms in total. The fourth-order valence-corrected chi connectivity index (χ4v) is 2.89. The molecule has 0 bridgehead atoms. The third-order valence-electron chi connectivity index (χ3n) is 4.36. The molecule has 134 valence electrons. The lowest BCUT2D eigenvalue weighted by molar-refractivity contribution is -0.110. The number of rotatable bonds is 4. The first-order valence-electron chi connectivity index (χ1n) is 8.40. The zero-order chi connectivity index (χ0) is 18.7. The van der Waals surface area contributed by atoms with E-state index in [2.05, 4.69) is 27.5 Å². The highest BCUT2D eigenvalue weighted by Crippen LogP contribution is 2.37. The number of nitrogens with one attached hydrogen (secondary N) is 3. The van der Waals surface area contributed by atoms with Crippen molar-refractivity contribution in [3.63, 3.8) is 0 Å². The standard InChI is InChI=1S/C20H20FN3O2/c1-3-12-8-9-23-18(12)10-15-19-14(5-4-13(11-25)22-2)16(21)6-7-17(19)24-20(15)26/h6-10,13,22-23,25H,3,11H2,1-2H3,(H,24,26)/b15-10-/t13-/m1/s1. The van der Waals surface area contributed by atoms with E-state index in [-0.39, 0.29) is 18.1 Å². The second-order valence-electron chi connectivity index (χ2n) is 5.92. The van der Waals surface area contributed by atoms with Crippen molar-refractivity contribution in [3.8, 4) is 11.8 Å². The van der Waals surface area contributed by atoms with Gasteiger partial charge >= 0.3 is 0 Å². The lowest BCUT2D eigenvalue weighted by Crippen LogP contribution is -2.27. The molecular weight excluding hydrogens is 333 g/mol. The summed E-state index contributed by atoms with van der Waals surface area (Å²) >= 11 is 0. The molecule has 3 rings (SSSR count). The Balaban J connectivity index is 2.14. The van der Waals surface area contributed by atoms with Crippen LogP contribution in [0.3, 0.4) is 0 Å². The number of aryl methyl sites for hydroxylation is 1. The van der Waals surface area contributed by atoms with E-state index in [1.807, 2.05) is 19.2 Å². The van der Waals surface area contributed by atoms with Crippen LogP contribution in [0.25, 0.3) is 11.6 Å². The van der Waals surface area contributed by atoms with Gasteiger partial charge in [0.05, 0.1) is 29.5 Å². The predicted octanol–water partition coefficient (Wildman–Crippen LogP) is 2.14. The van der Waals surface area contributed by atoms with Crippen LogP contribution < -0.4 is 10.6 Å². The fourth-order valence-electron chi connectivity index (χ4n) is 2.89. The van der Waals surface area contributed by atoms with Crippen LogP contribution >= 0.6 is 0 Å². The molecule has 1 aromatic carbocycles. The van der Waals surface area contributed by atoms with Crippen LogP contribution in [0, 0.1) is 17.7 Å². The summed E-state index contributed by atoms with van der Waals surface area (Å²) in [5.41, 5.74) is 3.38. The number of aliphatic hydroxyl groups is 1. The summed E-state index contributed by atoms with van der Waals surface area (Å²) in [4.78, 5) is 15.6. The normalized spacial score (nSPS) is 15.4. The number of hydrogen-bond donors (Lipinski definition) is 4. The lowest BCUT2D eigenvalue weighted by Gasteiger charge is -2.06. The molecule has 0 saturated heterocycles. The van der Waals surface area contributed by atoms with E-state index in [9.17, 15) is 14.3 Å². The Kier molecular flexibility index (Phi) is 5.21. The van der Waals surface area contributed by atoms with Gasteiger partial charge < -0.3 is 20.7 Å². The number of aromatic nitrogens is 1. The quantitative estimate of drug-likeness (QED) is 0.502. The van der Waals surface area contributed by atoms with Gasteiger partial charge in [-0.3, -0.25) is 4.79 Å². The van der Waals surface area contributed by atoms with Gasteiger partial charge in [-0.2, -0.15) is 0 Å². The summed E-state index contributed by atoms with van der Waals surface area (Å²) in [5, 5.41) is 14.8. The number of hydrogen-bond acceptors (Lipinski definition) is 3. The van der Waals surface area contributed by atoms with Gasteiger partial charge in [0.25, 0.3) is 5.91 Å². The number of likely N-dealkylation sites (N-methyl/N-ethyl adjacent to an activating group) is 1. The highest BCUT2D eigenvalue weighted by atomic mass is 19.1. The van der Waals surface area contributed by atoms with Gasteiger partial charge in [0.2, 0.25) is 0 Å². The topological polar surface area (TPSA) is 77.2 Å². The molecular formula is C20H20FN3O2. The lowest BCUT2D eigenvalue weighted by atomic mass is 9.98. The van der Waals surface area contributed by atoms with Crippen LogP contribution in [0.4, 0.5) is 10.1 Å². The zero-order valence-electron chi connectivity index (χ0n) is 14.6. The molecule has 0 aliphatic carbocycles. The van der Waals surface area contributed by atoms with Crippen molar-refractivity contribution in [1.29, 1.82) is 0 Å². The maximum Gasteiger partial charge on any atom is 0.256 e. The van der Waals surface area contributed by atoms with E-state index < -0.39 is 11.9 Å². The minimum absolute atomic E-state index is 0.144. The molecule has 4 N–H and O–H groups in total. The SMILES string of the molecule is CCc1cc[nH]c1/C=C1\C(=O)Nc2ccc(F)c(C#C[C@H](CO)NC)c21. The molecule has 1 aliphatic rings. The van der Waals surface area contributed by atoms with Gasteiger partial charge in [-0.25, -0.2) is 4.39 Å². The molecule has 1 aromatic heterocycles. The van der Waals surface area contributed by atoms with Gasteiger partial charge in [-0.1, -0.05) is 18.8 Å². The third kappa shape index (κ3) is 3.27. The maximum absolute atomic E-state index is 14.5. The Labute approximate surface area is 151 Å². The largest absolute Gasteiger partial charge is 0.394 e. The van der Waals surface area contributed by atoms with Crippen LogP contribution in [0.2, 0.25) is 0 Å². The van der Waals surface area contributed by atoms with E-state index in [1.165, 1.54) is 12.1 Å². The van der Waals surface area contributed by atoms with E-state index in [1.54, 1.807) is 13.1 Å². The number of aliphatic hydroxyl groups excluding tert-OH is 1. The summed E-state index contributed by atoms with van der Waals surface area (Å²) in [6.07, 6.45) is 4.35. The van der Waals surface area contributed by atoms with Gasteiger partial charge in [0.15, 0.2) is 0 Å². The number of benzene rings is 1. The van der Waals surface area contributed by atoms with Gasteiger partial charge in [0.1, 0.15) is 5.82 Å². The van der Waals surface area contributed by atoms with E-state index in [0.29, 0.717) is 16.8 Å². The number of fused-ring (bicyclic) bond motifs is 1. The van der Waals surface area contributed by atoms with Crippen molar-refractivity contribution in [1.82, 2.24) is 10.3 Å². The Morgan fingerprint density at radius 1 is 1.38 bits per heavy atom. The smallest absolute Gasteiger partial charge is 0.256 e. The summed E-state index contributed by atoms with van der Waals surface area (Å²) in [5.74, 6) is 4.78. The van der Waals surface area contributed by atoms with Gasteiger partial charge in [0, 0.05) is 17.5 Å². The highest BCUT2D eigenvalue weighted by Gasteiger charge is 2.28. The molecule has 0 saturated carbocycles. The number of aromatic amines is 1. The predicted molar refractivity (Wildman–Crippen MR) is 99.9 cm³/mol. The van der Waals surface area contributed by atoms with Crippen LogP contribution in [0.15, 0.2) is 24.4 Å². The molecule has 1 amide bonds. The molecule has 2 heterocycles. The van der Waals surface area contributed by atoms with Crippen molar-refractivity contribution in [2.24, 2.45) is 0 Å². The van der Waals surface area contributed by atoms with Crippen molar-refractivity contribution >= 4 is 23.2 Å². The molecule has 0 unspecified atom stereocenters. The van der Waals surface area contributed by atoms with Crippen LogP contribution in [0.1, 0.15) is 29.3 Å². The molecule has 6 heteroatoms. The summed E-state index contributed by atoms with van der Waals surface area (Å²) in [7, 11) is 1.66. The first kappa shape index (κ1) is 17.9. The number of H-pyrrole nitrogens is 1. The van der Waals surface area contributed by atoms with Crippen LogP contribution in [0.5, 0.6) is 0 Å². The molecule has 26 heavy (non-hydrogen) atoms. The van der Waals surface area contributed by atoms with E-state index >= 15 is 0 Å². The second kappa shape index (κ2) is 7.56. The van der Waals surface area contributed by atoms with E-state index in [4.69, 9.17) is 0 Å². The number of anilines is 1. The molecule has 1 atom stereocenters. The van der Waals surface area contributed by atoms with Crippen LogP contribution in [-0.4, -0.2) is 35.7 Å². The monoisotopic (exact) mass is 353 g/mol. The number of carbonyl (C=O) groups excluding carboxylic acids is 1. The average molecular weight is 353 g/mol. The van der Waals surface area contributed by atoms with Crippen molar-refractivity contribution in [2.45, 2.75) is 19.4 Å². The molecule has 0 fully saturated rings. The van der Waals surface area contributed by atoms with Crippen molar-refractivity contribution < 1.29 is 14.3 Å². The molecule has 0 radical (unpaired) electrons. The number of halogens is 1. The summed E-state index contributed by atoms with van der Waals surface area (Å²) < 4.78 is 14.5. The Hall–Kier alpha value is -2.88. The Morgan fingerprint density at radius 3 is 2.88 bits per heavy atom. The zero-order valence-corrected chi connectivity index (χ0v) is 14.6. The van der Waals surface area contributed by atoms with E-state index in [0.717, 1.165) is 17.7 Å². The van der Waals surface area contributed by atoms with Crippen LogP contribution in [-0.2, 0) is 11.2 Å². The number of carbonyl (C=O) groups is 1. The van der Waals surface area contributed by atoms with Crippen molar-refractivity contribution in [3.05, 3.63) is 52.6 Å². The molecule has 2 aromatic rings. The van der Waals surface area contributed by atoms with Crippen molar-refractivity contribution in [2.75, 3.05) is 19.0 Å². The fraction of sp³-hybridized carbons (Fsp3) is 0.250. The first-order chi connectivity index (χ1) is 12.6. The first-order valence-corrected chi connectivity index (χ1v) is 8.40. The average Bonchev–Trinajstić information content (AvgIpc) is 3.22. The second-order valence-corrected chi connectivity index (χ2v) is 5.92. The Bertz CT molecular complexity index is 930. The maximum atomic E-state index is 14.5. The van der Waals surface area contributed by atoms with Gasteiger partial charge in [-0.15, -0.1) is 0 Å². The summed E-state index contributed by atoms with van der Waals surface area (Å²) in [6.45, 7) is 1.83. The third-order valence-corrected chi connectivity index (χ3v) is 4.36. The van der Waals surface area contributed by atoms with Gasteiger partial charge in [-0.05, 0) is 43.3 Å². The minimum atomic E-state index is -0.506. The minimum Gasteiger partial charge on any atom is -0.394 e. The number of amides is 1. The Morgan fingerprint density at radius 2 is 2.19 bits per heavy atom. The summed E-state index contributed by atoms with van der Waals surface area (Å²) in [6, 6.07) is 4.29. The highest BCUT2D eigenvalue weighted by molar-refractivity contribution is 6.35.